The number of ether oxygens (including phenoxy) is 2. The monoisotopic (exact) mass is 329 g/mol. The summed E-state index contributed by atoms with van der Waals surface area (Å²) < 4.78 is 16.7. The molecule has 4 rings (SSSR count). The lowest BCUT2D eigenvalue weighted by molar-refractivity contribution is -0.0333. The molecule has 2 aromatic rings. The van der Waals surface area contributed by atoms with Crippen molar-refractivity contribution in [2.24, 2.45) is 5.41 Å². The number of hydrogen-bond acceptors (Lipinski definition) is 6. The summed E-state index contributed by atoms with van der Waals surface area (Å²) in [5, 5.41) is 0. The van der Waals surface area contributed by atoms with Crippen LogP contribution in [-0.4, -0.2) is 53.2 Å². The number of hydrogen-bond donors (Lipinski definition) is 0. The van der Waals surface area contributed by atoms with Crippen molar-refractivity contribution < 1.29 is 18.7 Å². The zero-order valence-corrected chi connectivity index (χ0v) is 13.3. The molecule has 2 saturated heterocycles. The maximum atomic E-state index is 12.6. The topological polar surface area (TPSA) is 77.7 Å². The van der Waals surface area contributed by atoms with E-state index in [1.807, 2.05) is 23.1 Å². The fourth-order valence-electron chi connectivity index (χ4n) is 3.56. The van der Waals surface area contributed by atoms with Gasteiger partial charge in [-0.2, -0.15) is 0 Å². The minimum Gasteiger partial charge on any atom is -0.477 e. The molecule has 2 fully saturated rings. The van der Waals surface area contributed by atoms with E-state index in [1.54, 1.807) is 6.20 Å². The maximum absolute atomic E-state index is 12.6. The minimum atomic E-state index is -0.199. The molecule has 0 unspecified atom stereocenters. The van der Waals surface area contributed by atoms with E-state index in [4.69, 9.17) is 13.9 Å². The first kappa shape index (κ1) is 15.1. The van der Waals surface area contributed by atoms with Crippen molar-refractivity contribution >= 4 is 5.91 Å². The average molecular weight is 329 g/mol. The van der Waals surface area contributed by atoms with Gasteiger partial charge in [-0.1, -0.05) is 6.07 Å². The molecule has 126 valence electrons. The lowest BCUT2D eigenvalue weighted by atomic mass is 9.77. The third-order valence-electron chi connectivity index (χ3n) is 4.85. The van der Waals surface area contributed by atoms with E-state index in [0.717, 1.165) is 12.8 Å². The van der Waals surface area contributed by atoms with Crippen molar-refractivity contribution in [3.8, 4) is 5.88 Å². The van der Waals surface area contributed by atoms with Gasteiger partial charge in [0, 0.05) is 32.0 Å². The molecule has 0 bridgehead atoms. The summed E-state index contributed by atoms with van der Waals surface area (Å²) in [6.45, 7) is 2.43. The number of fused-ring (bicyclic) bond motifs is 1. The van der Waals surface area contributed by atoms with Gasteiger partial charge in [-0.25, -0.2) is 9.97 Å². The molecule has 0 saturated carbocycles. The molecule has 4 heterocycles. The van der Waals surface area contributed by atoms with Gasteiger partial charge in [0.2, 0.25) is 5.88 Å². The Balaban J connectivity index is 1.49. The number of aromatic nitrogens is 2. The van der Waals surface area contributed by atoms with Gasteiger partial charge >= 0.3 is 0 Å². The van der Waals surface area contributed by atoms with Crippen LogP contribution in [0.1, 0.15) is 23.3 Å². The predicted molar refractivity (Wildman–Crippen MR) is 83.5 cm³/mol. The number of carbonyl (C=O) groups is 1. The molecule has 0 N–H and O–H groups in total. The molecule has 24 heavy (non-hydrogen) atoms. The van der Waals surface area contributed by atoms with Gasteiger partial charge in [-0.05, 0) is 18.9 Å². The van der Waals surface area contributed by atoms with Crippen LogP contribution in [0.25, 0.3) is 0 Å². The molecule has 2 atom stereocenters. The second-order valence-corrected chi connectivity index (χ2v) is 6.32. The zero-order chi connectivity index (χ0) is 16.4. The molecule has 1 amide bonds. The first-order valence-corrected chi connectivity index (χ1v) is 8.10. The van der Waals surface area contributed by atoms with Gasteiger partial charge in [0.15, 0.2) is 12.1 Å². The van der Waals surface area contributed by atoms with Crippen molar-refractivity contribution in [3.63, 3.8) is 0 Å². The van der Waals surface area contributed by atoms with Crippen LogP contribution in [0.15, 0.2) is 41.5 Å². The highest BCUT2D eigenvalue weighted by molar-refractivity contribution is 5.92. The second-order valence-electron chi connectivity index (χ2n) is 6.32. The number of rotatable bonds is 4. The van der Waals surface area contributed by atoms with E-state index in [-0.39, 0.29) is 17.4 Å². The van der Waals surface area contributed by atoms with Crippen LogP contribution in [0.2, 0.25) is 0 Å². The summed E-state index contributed by atoms with van der Waals surface area (Å²) in [7, 11) is 0. The molecule has 0 radical (unpaired) electrons. The zero-order valence-electron chi connectivity index (χ0n) is 13.3. The van der Waals surface area contributed by atoms with Crippen LogP contribution in [0.5, 0.6) is 5.88 Å². The number of likely N-dealkylation sites (tertiary alicyclic amines) is 1. The SMILES string of the molecule is O=C(c1cocn1)N1CC[C@@H]2OCC[C@]2(COc2ccccn2)C1. The Morgan fingerprint density at radius 2 is 2.38 bits per heavy atom. The van der Waals surface area contributed by atoms with E-state index < -0.39 is 0 Å². The normalized spacial score (nSPS) is 26.2. The van der Waals surface area contributed by atoms with Crippen molar-refractivity contribution in [1.82, 2.24) is 14.9 Å². The Hall–Kier alpha value is -2.41. The van der Waals surface area contributed by atoms with Gasteiger partial charge in [0.1, 0.15) is 6.26 Å². The van der Waals surface area contributed by atoms with E-state index >= 15 is 0 Å². The number of oxazole rings is 1. The summed E-state index contributed by atoms with van der Waals surface area (Å²) in [5.74, 6) is 0.490. The second kappa shape index (κ2) is 6.24. The molecule has 2 aliphatic heterocycles. The van der Waals surface area contributed by atoms with E-state index in [2.05, 4.69) is 9.97 Å². The highest BCUT2D eigenvalue weighted by atomic mass is 16.5. The minimum absolute atomic E-state index is 0.105. The smallest absolute Gasteiger partial charge is 0.275 e. The maximum Gasteiger partial charge on any atom is 0.275 e. The number of piperidine rings is 1. The van der Waals surface area contributed by atoms with Crippen molar-refractivity contribution in [1.29, 1.82) is 0 Å². The third kappa shape index (κ3) is 2.75. The molecule has 7 heteroatoms. The first-order valence-electron chi connectivity index (χ1n) is 8.10. The van der Waals surface area contributed by atoms with Gasteiger partial charge in [0.05, 0.1) is 18.1 Å². The molecule has 0 aromatic carbocycles. The molecular formula is C17H19N3O4. The highest BCUT2D eigenvalue weighted by Gasteiger charge is 2.49. The number of amides is 1. The molecule has 0 spiro atoms. The summed E-state index contributed by atoms with van der Waals surface area (Å²) in [4.78, 5) is 22.6. The number of pyridine rings is 1. The van der Waals surface area contributed by atoms with Crippen LogP contribution in [-0.2, 0) is 4.74 Å². The summed E-state index contributed by atoms with van der Waals surface area (Å²) in [5.41, 5.74) is 0.142. The molecular weight excluding hydrogens is 310 g/mol. The highest BCUT2D eigenvalue weighted by Crippen LogP contribution is 2.41. The van der Waals surface area contributed by atoms with E-state index in [0.29, 0.717) is 37.9 Å². The Bertz CT molecular complexity index is 691. The lowest BCUT2D eigenvalue weighted by Crippen LogP contribution is -2.54. The molecule has 2 aliphatic rings. The predicted octanol–water partition coefficient (Wildman–Crippen LogP) is 1.77. The van der Waals surface area contributed by atoms with Crippen molar-refractivity contribution in [2.45, 2.75) is 18.9 Å². The van der Waals surface area contributed by atoms with Crippen LogP contribution in [0, 0.1) is 5.41 Å². The van der Waals surface area contributed by atoms with Gasteiger partial charge in [-0.15, -0.1) is 0 Å². The average Bonchev–Trinajstić information content (AvgIpc) is 3.29. The molecule has 2 aromatic heterocycles. The summed E-state index contributed by atoms with van der Waals surface area (Å²) in [6.07, 6.45) is 6.15. The molecule has 0 aliphatic carbocycles. The van der Waals surface area contributed by atoms with Gasteiger partial charge in [-0.3, -0.25) is 4.79 Å². The molecule has 7 nitrogen and oxygen atoms in total. The lowest BCUT2D eigenvalue weighted by Gasteiger charge is -2.43. The van der Waals surface area contributed by atoms with Crippen molar-refractivity contribution in [3.05, 3.63) is 42.7 Å². The summed E-state index contributed by atoms with van der Waals surface area (Å²) >= 11 is 0. The quantitative estimate of drug-likeness (QED) is 0.851. The standard InChI is InChI=1S/C17H19N3O4/c21-16(13-9-22-12-19-13)20-7-4-14-17(10-20,5-8-23-14)11-24-15-3-1-2-6-18-15/h1-3,6,9,12,14H,4-5,7-8,10-11H2/t14-,17+/m0/s1. The Kier molecular flexibility index (Phi) is 3.93. The summed E-state index contributed by atoms with van der Waals surface area (Å²) in [6, 6.07) is 5.58. The van der Waals surface area contributed by atoms with Crippen LogP contribution >= 0.6 is 0 Å². The fourth-order valence-corrected chi connectivity index (χ4v) is 3.56. The van der Waals surface area contributed by atoms with Gasteiger partial charge < -0.3 is 18.8 Å². The van der Waals surface area contributed by atoms with E-state index in [9.17, 15) is 4.79 Å². The number of carbonyl (C=O) groups excluding carboxylic acids is 1. The van der Waals surface area contributed by atoms with E-state index in [1.165, 1.54) is 12.7 Å². The fraction of sp³-hybridized carbons (Fsp3) is 0.471. The van der Waals surface area contributed by atoms with Crippen LogP contribution < -0.4 is 4.74 Å². The van der Waals surface area contributed by atoms with Gasteiger partial charge in [0.25, 0.3) is 5.91 Å². The Labute approximate surface area is 139 Å². The third-order valence-corrected chi connectivity index (χ3v) is 4.85. The van der Waals surface area contributed by atoms with Crippen LogP contribution in [0.4, 0.5) is 0 Å². The Morgan fingerprint density at radius 1 is 1.42 bits per heavy atom. The first-order chi connectivity index (χ1) is 11.8. The van der Waals surface area contributed by atoms with Crippen LogP contribution in [0.3, 0.4) is 0 Å². The largest absolute Gasteiger partial charge is 0.477 e. The Morgan fingerprint density at radius 3 is 3.17 bits per heavy atom. The van der Waals surface area contributed by atoms with Crippen molar-refractivity contribution in [2.75, 3.05) is 26.3 Å². The number of nitrogens with zero attached hydrogens (tertiary/aromatic N) is 3.